The number of hydrogen-bond donors (Lipinski definition) is 8. The number of rotatable bonds is 36. The molecule has 54 heteroatoms. The lowest BCUT2D eigenvalue weighted by atomic mass is 10.2. The average molecular weight is 2010 g/mol. The maximum absolute atomic E-state index is 14.2. The summed E-state index contributed by atoms with van der Waals surface area (Å²) in [6.07, 6.45) is 4.97. The molecule has 0 aliphatic rings. The van der Waals surface area contributed by atoms with Crippen molar-refractivity contribution in [3.63, 3.8) is 0 Å². The largest absolute Gasteiger partial charge is 0.460 e. The Morgan fingerprint density at radius 2 is 0.592 bits per heavy atom. The number of aromatic nitrogens is 16. The van der Waals surface area contributed by atoms with Crippen molar-refractivity contribution in [3.8, 4) is 0 Å². The summed E-state index contributed by atoms with van der Waals surface area (Å²) in [4.78, 5) is 170. The Hall–Kier alpha value is -17.0. The highest BCUT2D eigenvalue weighted by Crippen LogP contribution is 2.28. The van der Waals surface area contributed by atoms with Crippen LogP contribution in [0.3, 0.4) is 0 Å². The Balaban J connectivity index is 0.000000211. The van der Waals surface area contributed by atoms with Gasteiger partial charge in [0.1, 0.15) is 61.3 Å². The SMILES string of the molecule is CNCC(=O)OCc1cccnc1N(C)C(=O)OCn1nc(F)c(C(=O)Nc2ccc(C)cc2Cl)n1.CNCC(=O)OCc1cccnc1N(C)C(=O)OCn1nc(F)c(C(=O)Nc2ccc(C)cc2F)n1.CNCC(=O)OCc1cccnc1N(C)C(=O)OCn1ncc(C(=O)Nc2ccc(C)cc2Cl)n1.CNCC(=O)OCc1cccnc1N(C)C(=O)OCn1ncc(C(=O)Nc2ccc(C)cc2F)n1. The summed E-state index contributed by atoms with van der Waals surface area (Å²) in [5.74, 6) is -7.77. The van der Waals surface area contributed by atoms with Crippen LogP contribution in [0.15, 0.2) is 159 Å². The molecule has 8 heterocycles. The average Bonchev–Trinajstić information content (AvgIpc) is 1.69. The normalized spacial score (nSPS) is 10.5. The van der Waals surface area contributed by atoms with Gasteiger partial charge in [0.05, 0.1) is 71.4 Å². The van der Waals surface area contributed by atoms with Gasteiger partial charge in [-0.25, -0.2) is 47.9 Å². The van der Waals surface area contributed by atoms with E-state index in [9.17, 15) is 75.1 Å². The molecule has 0 fully saturated rings. The van der Waals surface area contributed by atoms with Crippen LogP contribution < -0.4 is 62.1 Å². The Labute approximate surface area is 815 Å². The molecule has 4 aromatic carbocycles. The van der Waals surface area contributed by atoms with E-state index in [1.54, 1.807) is 133 Å². The zero-order valence-corrected chi connectivity index (χ0v) is 79.4. The van der Waals surface area contributed by atoms with Crippen LogP contribution in [-0.4, -0.2) is 234 Å². The van der Waals surface area contributed by atoms with Crippen molar-refractivity contribution in [2.45, 2.75) is 81.0 Å². The number of carbonyl (C=O) groups is 12. The Morgan fingerprint density at radius 1 is 0.331 bits per heavy atom. The highest BCUT2D eigenvalue weighted by atomic mass is 35.5. The number of hydrogen-bond acceptors (Lipinski definition) is 36. The molecular weight excluding hydrogens is 1920 g/mol. The number of nitrogens with one attached hydrogen (secondary N) is 8. The smallest absolute Gasteiger partial charge is 0.417 e. The van der Waals surface area contributed by atoms with Gasteiger partial charge in [-0.2, -0.15) is 19.0 Å². The van der Waals surface area contributed by atoms with Gasteiger partial charge in [-0.1, -0.05) is 71.7 Å². The summed E-state index contributed by atoms with van der Waals surface area (Å²) >= 11 is 12.2. The van der Waals surface area contributed by atoms with E-state index in [4.69, 9.17) is 61.1 Å². The van der Waals surface area contributed by atoms with Gasteiger partial charge in [-0.3, -0.25) is 58.0 Å². The lowest BCUT2D eigenvalue weighted by Crippen LogP contribution is -2.30. The van der Waals surface area contributed by atoms with Crippen LogP contribution in [0.5, 0.6) is 0 Å². The Bertz CT molecular complexity index is 6110. The summed E-state index contributed by atoms with van der Waals surface area (Å²) in [7, 11) is 12.1. The molecule has 0 aliphatic carbocycles. The molecule has 142 heavy (non-hydrogen) atoms. The van der Waals surface area contributed by atoms with Crippen LogP contribution in [0.1, 0.15) is 86.5 Å². The number of pyridine rings is 4. The van der Waals surface area contributed by atoms with Crippen molar-refractivity contribution in [1.29, 1.82) is 0 Å². The number of anilines is 8. The predicted molar refractivity (Wildman–Crippen MR) is 498 cm³/mol. The molecular formula is C88H94Cl2F4N28O20. The highest BCUT2D eigenvalue weighted by molar-refractivity contribution is 6.34. The number of likely N-dealkylation sites (N-methyl/N-ethyl adjacent to an activating group) is 4. The molecule has 0 aliphatic heterocycles. The lowest BCUT2D eigenvalue weighted by molar-refractivity contribution is -0.144. The number of amides is 8. The molecule has 0 radical (unpaired) electrons. The fraction of sp³-hybridized carbons (Fsp3) is 0.273. The summed E-state index contributed by atoms with van der Waals surface area (Å²) < 4.78 is 97.5. The van der Waals surface area contributed by atoms with E-state index >= 15 is 0 Å². The first kappa shape index (κ1) is 109. The fourth-order valence-electron chi connectivity index (χ4n) is 11.6. The van der Waals surface area contributed by atoms with Crippen molar-refractivity contribution >= 4 is 141 Å². The van der Waals surface area contributed by atoms with E-state index in [1.807, 2.05) is 19.9 Å². The molecule has 8 aromatic heterocycles. The zero-order chi connectivity index (χ0) is 103. The third kappa shape index (κ3) is 32.6. The molecule has 0 saturated heterocycles. The summed E-state index contributed by atoms with van der Waals surface area (Å²) in [5.41, 5.74) is 4.27. The summed E-state index contributed by atoms with van der Waals surface area (Å²) in [6.45, 7) is 4.91. The predicted octanol–water partition coefficient (Wildman–Crippen LogP) is 8.77. The lowest BCUT2D eigenvalue weighted by Gasteiger charge is -2.18. The monoisotopic (exact) mass is 2010 g/mol. The third-order valence-corrected chi connectivity index (χ3v) is 19.2. The van der Waals surface area contributed by atoms with Crippen LogP contribution >= 0.6 is 23.2 Å². The molecule has 12 rings (SSSR count). The molecule has 48 nitrogen and oxygen atoms in total. The molecule has 0 bridgehead atoms. The van der Waals surface area contributed by atoms with Crippen molar-refractivity contribution in [2.24, 2.45) is 0 Å². The number of ether oxygens (including phenoxy) is 8. The minimum atomic E-state index is -1.24. The molecule has 0 atom stereocenters. The maximum Gasteiger partial charge on any atom is 0.417 e. The van der Waals surface area contributed by atoms with Crippen molar-refractivity contribution in [3.05, 3.63) is 259 Å². The number of halogens is 6. The van der Waals surface area contributed by atoms with Gasteiger partial charge in [-0.05, 0) is 151 Å². The standard InChI is InChI=1S/C22H23ClFN7O5.C22H24ClN7O5.C22H23F2N7O5.C22H24FN7O5/c1-13-6-7-16(15(23)9-13)27-21(33)18-19(24)29-31(28-18)12-36-22(34)30(3)20-14(5-4-8-26-20)11-35-17(32)10-25-2;1-14-6-7-17(16(23)9-14)27-21(32)18-10-26-30(28-18)13-35-22(33)29(3)20-15(5-4-8-25-20)12-34-19(31)11-24-2;1-13-6-7-16(15(23)9-13)27-21(33)18-19(24)29-31(28-18)12-36-22(34)30(3)20-14(5-4-8-26-20)11-35-17(32)10-25-2;1-14-6-7-17(16(23)9-14)27-21(32)18-10-26-30(28-18)13-35-22(33)29(3)20-15(5-4-8-25-20)12-34-19(31)11-24-2/h4-9,25H,10-12H2,1-3H3,(H,27,33);4-10,24H,11-13H2,1-3H3,(H,27,32);4-9,25H,10-12H2,1-3H3,(H,27,33);4-10,24H,11-13H2,1-3H3,(H,27,32). The van der Waals surface area contributed by atoms with E-state index < -0.39 is 127 Å². The Morgan fingerprint density at radius 3 is 0.873 bits per heavy atom. The number of benzene rings is 4. The van der Waals surface area contributed by atoms with Gasteiger partial charge in [0.2, 0.25) is 38.3 Å². The van der Waals surface area contributed by atoms with Crippen LogP contribution in [0.4, 0.5) is 82.8 Å². The van der Waals surface area contributed by atoms with Crippen LogP contribution in [0.2, 0.25) is 10.0 Å². The van der Waals surface area contributed by atoms with Gasteiger partial charge in [0.15, 0.2) is 11.4 Å². The van der Waals surface area contributed by atoms with E-state index in [0.29, 0.717) is 53.7 Å². The van der Waals surface area contributed by atoms with Gasteiger partial charge >= 0.3 is 48.3 Å². The highest BCUT2D eigenvalue weighted by Gasteiger charge is 2.29. The van der Waals surface area contributed by atoms with E-state index in [-0.39, 0.29) is 116 Å². The number of carbonyl (C=O) groups excluding carboxylic acids is 12. The Kier molecular flexibility index (Phi) is 41.1. The second-order valence-electron chi connectivity index (χ2n) is 29.5. The van der Waals surface area contributed by atoms with E-state index in [0.717, 1.165) is 46.5 Å². The maximum atomic E-state index is 14.2. The molecule has 748 valence electrons. The van der Waals surface area contributed by atoms with Crippen LogP contribution in [-0.2, 0) is 110 Å². The molecule has 0 saturated carbocycles. The quantitative estimate of drug-likeness (QED) is 0.0103. The molecule has 12 aromatic rings. The summed E-state index contributed by atoms with van der Waals surface area (Å²) in [5, 5.41) is 51.2. The molecule has 8 N–H and O–H groups in total. The van der Waals surface area contributed by atoms with Gasteiger partial charge in [0.25, 0.3) is 35.5 Å². The fourth-order valence-corrected chi connectivity index (χ4v) is 12.1. The molecule has 8 amide bonds. The van der Waals surface area contributed by atoms with Crippen molar-refractivity contribution in [1.82, 2.24) is 101 Å². The van der Waals surface area contributed by atoms with Crippen LogP contribution in [0, 0.1) is 51.2 Å². The summed E-state index contributed by atoms with van der Waals surface area (Å²) in [6, 6.07) is 31.8. The first-order chi connectivity index (χ1) is 67.9. The topological polar surface area (TPSA) is 562 Å². The molecule has 0 unspecified atom stereocenters. The second kappa shape index (κ2) is 53.7. The van der Waals surface area contributed by atoms with Crippen LogP contribution in [0.25, 0.3) is 0 Å². The second-order valence-corrected chi connectivity index (χ2v) is 30.3. The number of nitrogens with zero attached hydrogens (tertiary/aromatic N) is 20. The minimum absolute atomic E-state index is 0.00556. The van der Waals surface area contributed by atoms with Gasteiger partial charge in [-0.15, -0.1) is 49.8 Å². The minimum Gasteiger partial charge on any atom is -0.460 e. The number of aryl methyl sites for hydroxylation is 4. The van der Waals surface area contributed by atoms with E-state index in [2.05, 4.69) is 103 Å². The first-order valence-electron chi connectivity index (χ1n) is 41.8. The van der Waals surface area contributed by atoms with Gasteiger partial charge < -0.3 is 80.4 Å². The third-order valence-electron chi connectivity index (χ3n) is 18.6. The van der Waals surface area contributed by atoms with E-state index in [1.165, 1.54) is 83.4 Å². The van der Waals surface area contributed by atoms with Crippen molar-refractivity contribution < 1.29 is 113 Å². The first-order valence-corrected chi connectivity index (χ1v) is 42.6. The zero-order valence-electron chi connectivity index (χ0n) is 77.9. The number of esters is 4. The van der Waals surface area contributed by atoms with Crippen molar-refractivity contribution in [2.75, 3.05) is 123 Å². The molecule has 0 spiro atoms. The van der Waals surface area contributed by atoms with Gasteiger partial charge in [0, 0.05) is 75.2 Å².